The van der Waals surface area contributed by atoms with Crippen molar-refractivity contribution in [3.8, 4) is 17.2 Å². The number of nitrogens with zero attached hydrogens (tertiary/aromatic N) is 1. The van der Waals surface area contributed by atoms with Crippen molar-refractivity contribution in [2.75, 3.05) is 34.4 Å². The molecule has 0 aromatic heterocycles. The lowest BCUT2D eigenvalue weighted by atomic mass is 10.1. The number of hydrogen-bond acceptors (Lipinski definition) is 7. The first-order valence-electron chi connectivity index (χ1n) is 10.3. The van der Waals surface area contributed by atoms with Gasteiger partial charge in [0, 0.05) is 19.5 Å². The van der Waals surface area contributed by atoms with Gasteiger partial charge in [0.15, 0.2) is 11.5 Å². The van der Waals surface area contributed by atoms with E-state index in [-0.39, 0.29) is 19.6 Å². The van der Waals surface area contributed by atoms with E-state index in [1.54, 1.807) is 24.3 Å². The zero-order valence-corrected chi connectivity index (χ0v) is 18.5. The number of amides is 1. The minimum atomic E-state index is -0.561. The summed E-state index contributed by atoms with van der Waals surface area (Å²) in [5.41, 5.74) is 1.46. The standard InChI is InChI=1S/C24H27NO7/c1-29-20-12-17(13-21(30-2)22(20)31-3)15-32-24(28)18-9-10-25(14-18)23(27)19(26)11-16-7-5-4-6-8-16/h4-8,12-13,18H,9-11,14-15H2,1-3H3/t18-/m1/s1. The number of esters is 1. The van der Waals surface area contributed by atoms with Crippen molar-refractivity contribution in [1.82, 2.24) is 4.90 Å². The Kier molecular flexibility index (Phi) is 7.70. The number of ether oxygens (including phenoxy) is 4. The van der Waals surface area contributed by atoms with Crippen LogP contribution in [0.15, 0.2) is 42.5 Å². The Morgan fingerprint density at radius 1 is 0.938 bits per heavy atom. The van der Waals surface area contributed by atoms with E-state index in [4.69, 9.17) is 18.9 Å². The summed E-state index contributed by atoms with van der Waals surface area (Å²) in [6.45, 7) is 0.545. The Bertz CT molecular complexity index is 949. The molecular weight excluding hydrogens is 414 g/mol. The predicted molar refractivity (Wildman–Crippen MR) is 116 cm³/mol. The fourth-order valence-corrected chi connectivity index (χ4v) is 3.66. The minimum Gasteiger partial charge on any atom is -0.493 e. The minimum absolute atomic E-state index is 0.0208. The molecule has 170 valence electrons. The van der Waals surface area contributed by atoms with Gasteiger partial charge in [-0.3, -0.25) is 14.4 Å². The molecule has 1 fully saturated rings. The zero-order valence-electron chi connectivity index (χ0n) is 18.5. The van der Waals surface area contributed by atoms with E-state index in [0.29, 0.717) is 35.8 Å². The van der Waals surface area contributed by atoms with Crippen molar-refractivity contribution in [2.45, 2.75) is 19.4 Å². The smallest absolute Gasteiger partial charge is 0.311 e. The summed E-state index contributed by atoms with van der Waals surface area (Å²) in [4.78, 5) is 38.8. The molecule has 1 atom stereocenters. The summed E-state index contributed by atoms with van der Waals surface area (Å²) in [7, 11) is 4.53. The molecule has 1 aliphatic rings. The highest BCUT2D eigenvalue weighted by Crippen LogP contribution is 2.38. The summed E-state index contributed by atoms with van der Waals surface area (Å²) >= 11 is 0. The second kappa shape index (κ2) is 10.7. The third kappa shape index (κ3) is 5.38. The first-order valence-corrected chi connectivity index (χ1v) is 10.3. The highest BCUT2D eigenvalue weighted by molar-refractivity contribution is 6.36. The molecule has 2 aromatic rings. The van der Waals surface area contributed by atoms with Crippen LogP contribution < -0.4 is 14.2 Å². The molecule has 0 bridgehead atoms. The Morgan fingerprint density at radius 2 is 1.59 bits per heavy atom. The van der Waals surface area contributed by atoms with Crippen molar-refractivity contribution < 1.29 is 33.3 Å². The highest BCUT2D eigenvalue weighted by atomic mass is 16.5. The number of ketones is 1. The van der Waals surface area contributed by atoms with E-state index in [1.165, 1.54) is 26.2 Å². The average molecular weight is 441 g/mol. The molecule has 1 heterocycles. The van der Waals surface area contributed by atoms with Crippen LogP contribution in [0.5, 0.6) is 17.2 Å². The van der Waals surface area contributed by atoms with Crippen molar-refractivity contribution in [3.63, 3.8) is 0 Å². The average Bonchev–Trinajstić information content (AvgIpc) is 3.32. The van der Waals surface area contributed by atoms with Gasteiger partial charge >= 0.3 is 5.97 Å². The van der Waals surface area contributed by atoms with E-state index < -0.39 is 23.6 Å². The van der Waals surface area contributed by atoms with E-state index >= 15 is 0 Å². The van der Waals surface area contributed by atoms with E-state index in [1.807, 2.05) is 18.2 Å². The van der Waals surface area contributed by atoms with Gasteiger partial charge in [-0.25, -0.2) is 0 Å². The monoisotopic (exact) mass is 441 g/mol. The number of carbonyl (C=O) groups excluding carboxylic acids is 3. The summed E-state index contributed by atoms with van der Waals surface area (Å²) < 4.78 is 21.4. The van der Waals surface area contributed by atoms with Gasteiger partial charge in [0.2, 0.25) is 11.5 Å². The lowest BCUT2D eigenvalue weighted by molar-refractivity contribution is -0.150. The van der Waals surface area contributed by atoms with Gasteiger partial charge in [-0.15, -0.1) is 0 Å². The van der Waals surface area contributed by atoms with Gasteiger partial charge in [0.1, 0.15) is 6.61 Å². The number of Topliss-reactive ketones (excluding diaryl/α,β-unsaturated/α-hetero) is 1. The van der Waals surface area contributed by atoms with Crippen molar-refractivity contribution in [2.24, 2.45) is 5.92 Å². The molecule has 3 rings (SSSR count). The normalized spacial score (nSPS) is 15.2. The summed E-state index contributed by atoms with van der Waals surface area (Å²) in [6, 6.07) is 12.5. The van der Waals surface area contributed by atoms with E-state index in [2.05, 4.69) is 0 Å². The maximum absolute atomic E-state index is 12.5. The Labute approximate surface area is 187 Å². The Morgan fingerprint density at radius 3 is 2.19 bits per heavy atom. The SMILES string of the molecule is COc1cc(COC(=O)[C@@H]2CCN(C(=O)C(=O)Cc3ccccc3)C2)cc(OC)c1OC. The van der Waals surface area contributed by atoms with Crippen molar-refractivity contribution in [3.05, 3.63) is 53.6 Å². The molecule has 0 N–H and O–H groups in total. The van der Waals surface area contributed by atoms with Crippen LogP contribution in [0.3, 0.4) is 0 Å². The molecule has 1 aliphatic heterocycles. The van der Waals surface area contributed by atoms with Crippen LogP contribution in [-0.4, -0.2) is 57.0 Å². The van der Waals surface area contributed by atoms with Crippen LogP contribution >= 0.6 is 0 Å². The number of rotatable bonds is 9. The molecule has 0 spiro atoms. The lowest BCUT2D eigenvalue weighted by Crippen LogP contribution is -2.36. The molecule has 32 heavy (non-hydrogen) atoms. The molecule has 0 aliphatic carbocycles. The topological polar surface area (TPSA) is 91.4 Å². The lowest BCUT2D eigenvalue weighted by Gasteiger charge is -2.16. The molecule has 0 radical (unpaired) electrons. The van der Waals surface area contributed by atoms with E-state index in [0.717, 1.165) is 5.56 Å². The van der Waals surface area contributed by atoms with Gasteiger partial charge in [-0.1, -0.05) is 30.3 Å². The van der Waals surface area contributed by atoms with Gasteiger partial charge in [-0.05, 0) is 29.7 Å². The fourth-order valence-electron chi connectivity index (χ4n) is 3.66. The van der Waals surface area contributed by atoms with Gasteiger partial charge < -0.3 is 23.8 Å². The van der Waals surface area contributed by atoms with Crippen LogP contribution in [0.1, 0.15) is 17.5 Å². The first-order chi connectivity index (χ1) is 15.5. The Hall–Kier alpha value is -3.55. The quantitative estimate of drug-likeness (QED) is 0.436. The molecule has 8 nitrogen and oxygen atoms in total. The molecule has 0 saturated carbocycles. The first kappa shape index (κ1) is 23.1. The summed E-state index contributed by atoms with van der Waals surface area (Å²) in [6.07, 6.45) is 0.505. The second-order valence-corrected chi connectivity index (χ2v) is 7.46. The number of carbonyl (C=O) groups is 3. The third-order valence-electron chi connectivity index (χ3n) is 5.36. The summed E-state index contributed by atoms with van der Waals surface area (Å²) in [5.74, 6) is -0.540. The maximum Gasteiger partial charge on any atom is 0.311 e. The van der Waals surface area contributed by atoms with E-state index in [9.17, 15) is 14.4 Å². The van der Waals surface area contributed by atoms with Crippen LogP contribution in [0.4, 0.5) is 0 Å². The fraction of sp³-hybridized carbons (Fsp3) is 0.375. The third-order valence-corrected chi connectivity index (χ3v) is 5.36. The van der Waals surface area contributed by atoms with Crippen LogP contribution in [0.2, 0.25) is 0 Å². The van der Waals surface area contributed by atoms with Crippen molar-refractivity contribution >= 4 is 17.7 Å². The number of hydrogen-bond donors (Lipinski definition) is 0. The molecule has 0 unspecified atom stereocenters. The number of methoxy groups -OCH3 is 3. The highest BCUT2D eigenvalue weighted by Gasteiger charge is 2.34. The Balaban J connectivity index is 1.55. The van der Waals surface area contributed by atoms with Gasteiger partial charge in [0.25, 0.3) is 5.91 Å². The molecule has 8 heteroatoms. The van der Waals surface area contributed by atoms with Crippen LogP contribution in [0.25, 0.3) is 0 Å². The molecule has 1 amide bonds. The van der Waals surface area contributed by atoms with Gasteiger partial charge in [0.05, 0.1) is 27.2 Å². The molecule has 2 aromatic carbocycles. The van der Waals surface area contributed by atoms with Gasteiger partial charge in [-0.2, -0.15) is 0 Å². The largest absolute Gasteiger partial charge is 0.493 e. The van der Waals surface area contributed by atoms with Crippen molar-refractivity contribution in [1.29, 1.82) is 0 Å². The second-order valence-electron chi connectivity index (χ2n) is 7.46. The summed E-state index contributed by atoms with van der Waals surface area (Å²) in [5, 5.41) is 0. The zero-order chi connectivity index (χ0) is 23.1. The predicted octanol–water partition coefficient (Wildman–Crippen LogP) is 2.42. The van der Waals surface area contributed by atoms with Crippen LogP contribution in [0, 0.1) is 5.92 Å². The number of benzene rings is 2. The number of likely N-dealkylation sites (tertiary alicyclic amines) is 1. The maximum atomic E-state index is 12.5. The molecular formula is C24H27NO7. The molecule has 1 saturated heterocycles. The van der Waals surface area contributed by atoms with Crippen LogP contribution in [-0.2, 0) is 32.1 Å².